The van der Waals surface area contributed by atoms with Crippen LogP contribution in [0.4, 0.5) is 0 Å². The maximum Gasteiger partial charge on any atom is 0.245 e. The molecule has 0 saturated carbocycles. The van der Waals surface area contributed by atoms with Crippen LogP contribution in [0.15, 0.2) is 85.1 Å². The van der Waals surface area contributed by atoms with E-state index in [0.29, 0.717) is 20.9 Å². The smallest absolute Gasteiger partial charge is 0.245 e. The molecule has 41 heavy (non-hydrogen) atoms. The van der Waals surface area contributed by atoms with Crippen molar-refractivity contribution in [2.75, 3.05) is 20.0 Å². The van der Waals surface area contributed by atoms with Crippen molar-refractivity contribution in [2.24, 2.45) is 16.1 Å². The van der Waals surface area contributed by atoms with Gasteiger partial charge in [-0.3, -0.25) is 0 Å². The van der Waals surface area contributed by atoms with Gasteiger partial charge in [0.15, 0.2) is 0 Å². The monoisotopic (exact) mass is 677 g/mol. The zero-order valence-electron chi connectivity index (χ0n) is 23.8. The standard InChI is InChI=1S/C28H36BrN5O4S2Si/c1-37-22-10-6-20(7-11-22)18-34(19-21-8-12-23(38-2)13-9-21)40(35,36)27-25(39-16-17-41(3,4)5)15-14-24(29)26(27)28(32-30)33-31/h6-15,30H,16-19,31H2,1-5H3. The third-order valence-corrected chi connectivity index (χ3v) is 12.1. The fourth-order valence-electron chi connectivity index (χ4n) is 3.96. The summed E-state index contributed by atoms with van der Waals surface area (Å²) in [5.41, 5.74) is 9.42. The molecule has 0 saturated heterocycles. The fourth-order valence-corrected chi connectivity index (χ4v) is 10.2. The topological polar surface area (TPSA) is 130 Å². The lowest BCUT2D eigenvalue weighted by atomic mass is 10.2. The average Bonchev–Trinajstić information content (AvgIpc) is 2.94. The molecule has 0 fully saturated rings. The highest BCUT2D eigenvalue weighted by molar-refractivity contribution is 9.10. The van der Waals surface area contributed by atoms with Gasteiger partial charge >= 0.3 is 0 Å². The van der Waals surface area contributed by atoms with Gasteiger partial charge in [-0.2, -0.15) is 9.41 Å². The first-order valence-corrected chi connectivity index (χ1v) is 19.7. The van der Waals surface area contributed by atoms with Gasteiger partial charge in [-0.05, 0) is 75.3 Å². The lowest BCUT2D eigenvalue weighted by Crippen LogP contribution is -2.32. The molecular weight excluding hydrogens is 642 g/mol. The number of ether oxygens (including phenoxy) is 2. The summed E-state index contributed by atoms with van der Waals surface area (Å²) in [5, 5.41) is 7.13. The van der Waals surface area contributed by atoms with Crippen LogP contribution < -0.4 is 15.3 Å². The number of hydrogen-bond donors (Lipinski definition) is 2. The molecule has 0 unspecified atom stereocenters. The van der Waals surface area contributed by atoms with Crippen molar-refractivity contribution in [1.82, 2.24) is 4.31 Å². The van der Waals surface area contributed by atoms with E-state index in [4.69, 9.17) is 20.8 Å². The number of halogens is 1. The second kappa shape index (κ2) is 14.5. The van der Waals surface area contributed by atoms with Crippen LogP contribution in [0.25, 0.3) is 0 Å². The molecule has 0 aliphatic carbocycles. The van der Waals surface area contributed by atoms with Gasteiger partial charge in [0.2, 0.25) is 15.9 Å². The van der Waals surface area contributed by atoms with E-state index in [9.17, 15) is 8.42 Å². The molecule has 13 heteroatoms. The van der Waals surface area contributed by atoms with Gasteiger partial charge in [0.05, 0.1) is 19.8 Å². The molecule has 0 heterocycles. The molecule has 0 aliphatic rings. The summed E-state index contributed by atoms with van der Waals surface area (Å²) >= 11 is 4.96. The Labute approximate surface area is 256 Å². The summed E-state index contributed by atoms with van der Waals surface area (Å²) in [6.07, 6.45) is 0. The van der Waals surface area contributed by atoms with Gasteiger partial charge in [-0.25, -0.2) is 13.9 Å². The number of methoxy groups -OCH3 is 2. The fraction of sp³-hybridized carbons (Fsp3) is 0.321. The minimum atomic E-state index is -4.19. The highest BCUT2D eigenvalue weighted by Crippen LogP contribution is 2.38. The van der Waals surface area contributed by atoms with E-state index in [-0.39, 0.29) is 29.4 Å². The molecule has 3 N–H and O–H groups in total. The van der Waals surface area contributed by atoms with Gasteiger partial charge in [0.25, 0.3) is 0 Å². The largest absolute Gasteiger partial charge is 0.497 e. The first kappa shape index (κ1) is 32.8. The maximum absolute atomic E-state index is 14.7. The first-order valence-electron chi connectivity index (χ1n) is 12.8. The highest BCUT2D eigenvalue weighted by Gasteiger charge is 2.33. The number of nitrogens with one attached hydrogen (secondary N) is 1. The Balaban J connectivity index is 2.19. The lowest BCUT2D eigenvalue weighted by molar-refractivity contribution is 0.396. The SMILES string of the molecule is COc1ccc(CN(Cc2ccc(OC)cc2)S(=O)(=O)c2c(SCC[Si](C)(C)C)ccc(Br)c2C(N=N)=NN)cc1. The number of amidine groups is 1. The molecule has 0 aliphatic heterocycles. The summed E-state index contributed by atoms with van der Waals surface area (Å²) < 4.78 is 41.9. The van der Waals surface area contributed by atoms with E-state index in [1.54, 1.807) is 50.6 Å². The van der Waals surface area contributed by atoms with Crippen LogP contribution in [0.1, 0.15) is 16.7 Å². The lowest BCUT2D eigenvalue weighted by Gasteiger charge is -2.26. The number of sulfonamides is 1. The normalized spacial score (nSPS) is 12.4. The van der Waals surface area contributed by atoms with Crippen LogP contribution in [0.3, 0.4) is 0 Å². The third kappa shape index (κ3) is 8.64. The minimum Gasteiger partial charge on any atom is -0.497 e. The molecule has 220 valence electrons. The Morgan fingerprint density at radius 2 is 1.46 bits per heavy atom. The average molecular weight is 679 g/mol. The maximum atomic E-state index is 14.7. The van der Waals surface area contributed by atoms with Crippen LogP contribution in [0.2, 0.25) is 25.7 Å². The Morgan fingerprint density at radius 3 is 1.88 bits per heavy atom. The zero-order chi connectivity index (χ0) is 30.2. The number of nitrogens with two attached hydrogens (primary N) is 1. The third-order valence-electron chi connectivity index (χ3n) is 6.27. The summed E-state index contributed by atoms with van der Waals surface area (Å²) in [6, 6.07) is 19.1. The van der Waals surface area contributed by atoms with Gasteiger partial charge in [-0.1, -0.05) is 43.9 Å². The van der Waals surface area contributed by atoms with Crippen LogP contribution in [-0.2, 0) is 23.1 Å². The predicted octanol–water partition coefficient (Wildman–Crippen LogP) is 6.94. The number of benzene rings is 3. The Hall–Kier alpha value is -2.71. The van der Waals surface area contributed by atoms with Crippen molar-refractivity contribution >= 4 is 51.6 Å². The van der Waals surface area contributed by atoms with Crippen LogP contribution in [-0.4, -0.2) is 46.6 Å². The van der Waals surface area contributed by atoms with Crippen molar-refractivity contribution in [2.45, 2.75) is 48.6 Å². The summed E-state index contributed by atoms with van der Waals surface area (Å²) in [7, 11) is -2.40. The van der Waals surface area contributed by atoms with Crippen molar-refractivity contribution in [3.63, 3.8) is 0 Å². The summed E-state index contributed by atoms with van der Waals surface area (Å²) in [4.78, 5) is 0.579. The van der Waals surface area contributed by atoms with E-state index < -0.39 is 18.1 Å². The molecule has 3 aromatic carbocycles. The van der Waals surface area contributed by atoms with Crippen LogP contribution >= 0.6 is 27.7 Å². The molecule has 0 amide bonds. The summed E-state index contributed by atoms with van der Waals surface area (Å²) in [5.74, 6) is 7.52. The molecule has 3 aromatic rings. The van der Waals surface area contributed by atoms with Crippen LogP contribution in [0.5, 0.6) is 11.5 Å². The summed E-state index contributed by atoms with van der Waals surface area (Å²) in [6.45, 7) is 7.03. The van der Waals surface area contributed by atoms with E-state index in [2.05, 4.69) is 45.8 Å². The molecule has 9 nitrogen and oxygen atoms in total. The highest BCUT2D eigenvalue weighted by atomic mass is 79.9. The number of hydrazone groups is 1. The predicted molar refractivity (Wildman–Crippen MR) is 171 cm³/mol. The van der Waals surface area contributed by atoms with E-state index >= 15 is 0 Å². The van der Waals surface area contributed by atoms with Gasteiger partial charge in [-0.15, -0.1) is 16.9 Å². The molecule has 0 aromatic heterocycles. The second-order valence-electron chi connectivity index (χ2n) is 10.4. The number of nitrogens with zero attached hydrogens (tertiary/aromatic N) is 3. The molecule has 0 atom stereocenters. The molecular formula is C28H36BrN5O4S2Si. The molecule has 0 spiro atoms. The van der Waals surface area contributed by atoms with E-state index in [1.165, 1.54) is 16.1 Å². The molecule has 3 rings (SSSR count). The number of hydrogen-bond acceptors (Lipinski definition) is 8. The van der Waals surface area contributed by atoms with Crippen molar-refractivity contribution in [1.29, 1.82) is 5.53 Å². The minimum absolute atomic E-state index is 0.0228. The quantitative estimate of drug-likeness (QED) is 0.0383. The van der Waals surface area contributed by atoms with Gasteiger partial charge < -0.3 is 15.3 Å². The Kier molecular flexibility index (Phi) is 11.6. The Bertz CT molecular complexity index is 1430. The Morgan fingerprint density at radius 1 is 0.951 bits per heavy atom. The van der Waals surface area contributed by atoms with Gasteiger partial charge in [0, 0.05) is 30.5 Å². The first-order chi connectivity index (χ1) is 19.4. The van der Waals surface area contributed by atoms with Gasteiger partial charge in [0.1, 0.15) is 16.4 Å². The number of rotatable bonds is 13. The molecule has 0 radical (unpaired) electrons. The van der Waals surface area contributed by atoms with E-state index in [0.717, 1.165) is 22.9 Å². The van der Waals surface area contributed by atoms with E-state index in [1.807, 2.05) is 24.3 Å². The van der Waals surface area contributed by atoms with Crippen molar-refractivity contribution in [3.05, 3.63) is 81.8 Å². The molecule has 0 bridgehead atoms. The second-order valence-corrected chi connectivity index (χ2v) is 19.9. The number of thioether (sulfide) groups is 1. The van der Waals surface area contributed by atoms with Crippen LogP contribution in [0, 0.1) is 5.53 Å². The van der Waals surface area contributed by atoms with Crippen molar-refractivity contribution in [3.8, 4) is 11.5 Å². The zero-order valence-corrected chi connectivity index (χ0v) is 28.1. The van der Waals surface area contributed by atoms with Crippen molar-refractivity contribution < 1.29 is 17.9 Å².